The Labute approximate surface area is 107 Å². The first kappa shape index (κ1) is 14.5. The topological polar surface area (TPSA) is 15.3 Å². The predicted octanol–water partition coefficient (Wildman–Crippen LogP) is 2.36. The summed E-state index contributed by atoms with van der Waals surface area (Å²) in [5.41, 5.74) is 0. The van der Waals surface area contributed by atoms with Crippen molar-refractivity contribution in [3.8, 4) is 11.8 Å². The van der Waals surface area contributed by atoms with Crippen molar-refractivity contribution in [3.05, 3.63) is 0 Å². The number of rotatable bonds is 6. The average Bonchev–Trinajstić information content (AvgIpc) is 2.31. The molecule has 0 bridgehead atoms. The Balaban J connectivity index is 2.06. The molecule has 2 nitrogen and oxygen atoms in total. The van der Waals surface area contributed by atoms with Gasteiger partial charge in [-0.3, -0.25) is 0 Å². The van der Waals surface area contributed by atoms with Crippen LogP contribution >= 0.6 is 0 Å². The Morgan fingerprint density at radius 1 is 1.29 bits per heavy atom. The number of nitrogens with zero attached hydrogens (tertiary/aromatic N) is 1. The molecule has 1 N–H and O–H groups in total. The Kier molecular flexibility index (Phi) is 7.32. The second-order valence-corrected chi connectivity index (χ2v) is 5.51. The van der Waals surface area contributed by atoms with Crippen molar-refractivity contribution < 1.29 is 0 Å². The van der Waals surface area contributed by atoms with Gasteiger partial charge in [0.1, 0.15) is 0 Å². The molecule has 98 valence electrons. The quantitative estimate of drug-likeness (QED) is 0.712. The number of likely N-dealkylation sites (tertiary alicyclic amines) is 1. The maximum atomic E-state index is 3.58. The van der Waals surface area contributed by atoms with Gasteiger partial charge in [-0.1, -0.05) is 13.8 Å². The van der Waals surface area contributed by atoms with Crippen LogP contribution in [0.1, 0.15) is 40.0 Å². The van der Waals surface area contributed by atoms with Crippen LogP contribution in [0.4, 0.5) is 0 Å². The average molecular weight is 236 g/mol. The highest BCUT2D eigenvalue weighted by atomic mass is 15.1. The molecular weight excluding hydrogens is 208 g/mol. The molecule has 1 aliphatic heterocycles. The molecule has 17 heavy (non-hydrogen) atoms. The molecule has 0 radical (unpaired) electrons. The van der Waals surface area contributed by atoms with Gasteiger partial charge in [-0.15, -0.1) is 11.8 Å². The molecule has 1 saturated heterocycles. The van der Waals surface area contributed by atoms with E-state index >= 15 is 0 Å². The Morgan fingerprint density at radius 2 is 2.00 bits per heavy atom. The summed E-state index contributed by atoms with van der Waals surface area (Å²) in [4.78, 5) is 2.56. The van der Waals surface area contributed by atoms with Crippen LogP contribution in [-0.2, 0) is 0 Å². The minimum absolute atomic E-state index is 0.766. The van der Waals surface area contributed by atoms with E-state index in [4.69, 9.17) is 0 Å². The van der Waals surface area contributed by atoms with E-state index in [1.165, 1.54) is 32.5 Å². The van der Waals surface area contributed by atoms with Crippen molar-refractivity contribution in [1.29, 1.82) is 0 Å². The highest BCUT2D eigenvalue weighted by Gasteiger charge is 2.18. The summed E-state index contributed by atoms with van der Waals surface area (Å²) in [6.07, 6.45) is 3.74. The second-order valence-electron chi connectivity index (χ2n) is 5.51. The van der Waals surface area contributed by atoms with Crippen molar-refractivity contribution in [2.45, 2.75) is 40.0 Å². The summed E-state index contributed by atoms with van der Waals surface area (Å²) < 4.78 is 0. The molecule has 1 fully saturated rings. The summed E-state index contributed by atoms with van der Waals surface area (Å²) in [5.74, 6) is 7.77. The normalized spacial score (nSPS) is 18.1. The second kappa shape index (κ2) is 8.55. The number of piperidine rings is 1. The van der Waals surface area contributed by atoms with Gasteiger partial charge < -0.3 is 10.2 Å². The molecule has 1 aliphatic rings. The van der Waals surface area contributed by atoms with Crippen LogP contribution in [0, 0.1) is 23.7 Å². The first-order valence-corrected chi connectivity index (χ1v) is 7.05. The lowest BCUT2D eigenvalue weighted by molar-refractivity contribution is 0.185. The van der Waals surface area contributed by atoms with Crippen molar-refractivity contribution >= 4 is 0 Å². The standard InChI is InChI=1S/C15H28N2/c1-4-5-6-9-17-10-7-15(8-11-17)13-16-12-14(2)3/h14-16H,6-13H2,1-3H3. The van der Waals surface area contributed by atoms with Crippen molar-refractivity contribution in [2.24, 2.45) is 11.8 Å². The Hall–Kier alpha value is -0.520. The van der Waals surface area contributed by atoms with E-state index in [1.807, 2.05) is 6.92 Å². The Bertz CT molecular complexity index is 241. The summed E-state index contributed by atoms with van der Waals surface area (Å²) in [6, 6.07) is 0. The SMILES string of the molecule is CC#CCCN1CCC(CNCC(C)C)CC1. The van der Waals surface area contributed by atoms with Gasteiger partial charge in [-0.05, 0) is 57.8 Å². The molecule has 0 aromatic carbocycles. The van der Waals surface area contributed by atoms with E-state index in [0.717, 1.165) is 31.3 Å². The fourth-order valence-corrected chi connectivity index (χ4v) is 2.33. The number of hydrogen-bond donors (Lipinski definition) is 1. The lowest BCUT2D eigenvalue weighted by Crippen LogP contribution is -2.38. The van der Waals surface area contributed by atoms with Gasteiger partial charge in [-0.2, -0.15) is 0 Å². The first-order chi connectivity index (χ1) is 8.22. The smallest absolute Gasteiger partial charge is 0.0216 e. The number of nitrogens with one attached hydrogen (secondary N) is 1. The van der Waals surface area contributed by atoms with Gasteiger partial charge in [0.25, 0.3) is 0 Å². The van der Waals surface area contributed by atoms with Gasteiger partial charge >= 0.3 is 0 Å². The predicted molar refractivity (Wildman–Crippen MR) is 74.9 cm³/mol. The third-order valence-electron chi connectivity index (χ3n) is 3.42. The van der Waals surface area contributed by atoms with Crippen LogP contribution in [0.3, 0.4) is 0 Å². The highest BCUT2D eigenvalue weighted by molar-refractivity contribution is 4.95. The third-order valence-corrected chi connectivity index (χ3v) is 3.42. The molecule has 1 rings (SSSR count). The molecule has 0 atom stereocenters. The molecular formula is C15H28N2. The van der Waals surface area contributed by atoms with E-state index in [2.05, 4.69) is 35.9 Å². The summed E-state index contributed by atoms with van der Waals surface area (Å²) in [5, 5.41) is 3.58. The lowest BCUT2D eigenvalue weighted by Gasteiger charge is -2.31. The van der Waals surface area contributed by atoms with E-state index in [-0.39, 0.29) is 0 Å². The van der Waals surface area contributed by atoms with Crippen LogP contribution in [0.2, 0.25) is 0 Å². The van der Waals surface area contributed by atoms with Crippen molar-refractivity contribution in [2.75, 3.05) is 32.7 Å². The van der Waals surface area contributed by atoms with Gasteiger partial charge in [0.2, 0.25) is 0 Å². The summed E-state index contributed by atoms with van der Waals surface area (Å²) >= 11 is 0. The van der Waals surface area contributed by atoms with Crippen LogP contribution in [-0.4, -0.2) is 37.6 Å². The van der Waals surface area contributed by atoms with Gasteiger partial charge in [0.15, 0.2) is 0 Å². The zero-order valence-corrected chi connectivity index (χ0v) is 11.8. The molecule has 0 saturated carbocycles. The van der Waals surface area contributed by atoms with Crippen LogP contribution in [0.15, 0.2) is 0 Å². The van der Waals surface area contributed by atoms with E-state index < -0.39 is 0 Å². The van der Waals surface area contributed by atoms with Gasteiger partial charge in [0, 0.05) is 13.0 Å². The molecule has 0 amide bonds. The minimum atomic E-state index is 0.766. The Morgan fingerprint density at radius 3 is 2.59 bits per heavy atom. The van der Waals surface area contributed by atoms with E-state index in [9.17, 15) is 0 Å². The lowest BCUT2D eigenvalue weighted by atomic mass is 9.96. The van der Waals surface area contributed by atoms with Gasteiger partial charge in [0.05, 0.1) is 0 Å². The molecule has 0 spiro atoms. The zero-order chi connectivity index (χ0) is 12.5. The fourth-order valence-electron chi connectivity index (χ4n) is 2.33. The minimum Gasteiger partial charge on any atom is -0.316 e. The van der Waals surface area contributed by atoms with Crippen LogP contribution < -0.4 is 5.32 Å². The van der Waals surface area contributed by atoms with Crippen molar-refractivity contribution in [1.82, 2.24) is 10.2 Å². The maximum Gasteiger partial charge on any atom is 0.0216 e. The molecule has 2 heteroatoms. The monoisotopic (exact) mass is 236 g/mol. The summed E-state index contributed by atoms with van der Waals surface area (Å²) in [7, 11) is 0. The maximum absolute atomic E-state index is 3.58. The molecule has 1 heterocycles. The first-order valence-electron chi connectivity index (χ1n) is 7.05. The fraction of sp³-hybridized carbons (Fsp3) is 0.867. The molecule has 0 aromatic rings. The van der Waals surface area contributed by atoms with Gasteiger partial charge in [-0.25, -0.2) is 0 Å². The van der Waals surface area contributed by atoms with E-state index in [0.29, 0.717) is 0 Å². The summed E-state index contributed by atoms with van der Waals surface area (Å²) in [6.45, 7) is 12.5. The zero-order valence-electron chi connectivity index (χ0n) is 11.8. The highest BCUT2D eigenvalue weighted by Crippen LogP contribution is 2.16. The molecule has 0 unspecified atom stereocenters. The molecule has 0 aliphatic carbocycles. The third kappa shape index (κ3) is 6.71. The van der Waals surface area contributed by atoms with E-state index in [1.54, 1.807) is 0 Å². The van der Waals surface area contributed by atoms with Crippen molar-refractivity contribution in [3.63, 3.8) is 0 Å². The molecule has 0 aromatic heterocycles. The van der Waals surface area contributed by atoms with Crippen LogP contribution in [0.25, 0.3) is 0 Å². The largest absolute Gasteiger partial charge is 0.316 e. The number of hydrogen-bond acceptors (Lipinski definition) is 2. The van der Waals surface area contributed by atoms with Crippen LogP contribution in [0.5, 0.6) is 0 Å².